The van der Waals surface area contributed by atoms with Gasteiger partial charge in [-0.15, -0.1) is 10.2 Å². The van der Waals surface area contributed by atoms with Gasteiger partial charge in [-0.25, -0.2) is 0 Å². The summed E-state index contributed by atoms with van der Waals surface area (Å²) < 4.78 is 38.4. The van der Waals surface area contributed by atoms with Crippen LogP contribution >= 0.6 is 23.4 Å². The molecule has 0 spiro atoms. The number of alkyl halides is 3. The van der Waals surface area contributed by atoms with E-state index in [1.165, 1.54) is 23.9 Å². The molecule has 150 valence electrons. The number of aromatic nitrogens is 2. The smallest absolute Gasteiger partial charge is 0.352 e. The Labute approximate surface area is 174 Å². The van der Waals surface area contributed by atoms with Crippen molar-refractivity contribution in [2.75, 3.05) is 6.54 Å². The third-order valence-electron chi connectivity index (χ3n) is 3.89. The second-order valence-electron chi connectivity index (χ2n) is 6.01. The molecule has 29 heavy (non-hydrogen) atoms. The highest BCUT2D eigenvalue weighted by molar-refractivity contribution is 7.99. The van der Waals surface area contributed by atoms with Gasteiger partial charge in [-0.3, -0.25) is 4.79 Å². The van der Waals surface area contributed by atoms with Crippen LogP contribution in [0.2, 0.25) is 5.15 Å². The normalized spacial score (nSPS) is 11.3. The van der Waals surface area contributed by atoms with E-state index in [1.54, 1.807) is 6.07 Å². The van der Waals surface area contributed by atoms with Crippen LogP contribution in [-0.4, -0.2) is 22.6 Å². The number of nitrogens with one attached hydrogen (secondary N) is 1. The largest absolute Gasteiger partial charge is 0.416 e. The maximum absolute atomic E-state index is 12.8. The standard InChI is InChI=1S/C20H15ClF3N3OS/c21-17-12-16(19(27-26-17)29-15-7-2-1-3-8-15)18(28)25-10-9-13-5-4-6-14(11-13)20(22,23)24/h1-8,11-12H,9-10H2,(H,25,28). The number of hydrogen-bond acceptors (Lipinski definition) is 4. The summed E-state index contributed by atoms with van der Waals surface area (Å²) in [4.78, 5) is 13.5. The van der Waals surface area contributed by atoms with E-state index in [1.807, 2.05) is 30.3 Å². The number of rotatable bonds is 6. The molecule has 9 heteroatoms. The molecule has 0 bridgehead atoms. The lowest BCUT2D eigenvalue weighted by molar-refractivity contribution is -0.137. The second kappa shape index (κ2) is 9.28. The highest BCUT2D eigenvalue weighted by Crippen LogP contribution is 2.30. The number of carbonyl (C=O) groups excluding carboxylic acids is 1. The van der Waals surface area contributed by atoms with E-state index in [-0.39, 0.29) is 23.7 Å². The van der Waals surface area contributed by atoms with Crippen LogP contribution < -0.4 is 5.32 Å². The van der Waals surface area contributed by atoms with Gasteiger partial charge in [0.2, 0.25) is 0 Å². The monoisotopic (exact) mass is 437 g/mol. The average Bonchev–Trinajstić information content (AvgIpc) is 2.69. The predicted octanol–water partition coefficient (Wildman–Crippen LogP) is 5.27. The quantitative estimate of drug-likeness (QED) is 0.570. The molecule has 1 aromatic heterocycles. The van der Waals surface area contributed by atoms with E-state index >= 15 is 0 Å². The average molecular weight is 438 g/mol. The van der Waals surface area contributed by atoms with Crippen molar-refractivity contribution in [3.05, 3.63) is 82.5 Å². The van der Waals surface area contributed by atoms with Gasteiger partial charge in [0, 0.05) is 11.4 Å². The first-order valence-corrected chi connectivity index (χ1v) is 9.73. The lowest BCUT2D eigenvalue weighted by atomic mass is 10.1. The van der Waals surface area contributed by atoms with Gasteiger partial charge in [-0.1, -0.05) is 59.8 Å². The molecule has 0 fully saturated rings. The molecule has 0 aliphatic carbocycles. The summed E-state index contributed by atoms with van der Waals surface area (Å²) in [5.41, 5.74) is 0.0146. The molecule has 0 unspecified atom stereocenters. The first-order valence-electron chi connectivity index (χ1n) is 8.53. The molecule has 1 N–H and O–H groups in total. The molecule has 0 aliphatic rings. The van der Waals surface area contributed by atoms with Crippen LogP contribution in [0.1, 0.15) is 21.5 Å². The minimum Gasteiger partial charge on any atom is -0.352 e. The Morgan fingerprint density at radius 2 is 1.79 bits per heavy atom. The molecule has 3 aromatic rings. The predicted molar refractivity (Wildman–Crippen MR) is 105 cm³/mol. The van der Waals surface area contributed by atoms with E-state index in [9.17, 15) is 18.0 Å². The lowest BCUT2D eigenvalue weighted by Gasteiger charge is -2.11. The van der Waals surface area contributed by atoms with Crippen LogP contribution in [0, 0.1) is 0 Å². The van der Waals surface area contributed by atoms with Crippen LogP contribution in [0.3, 0.4) is 0 Å². The van der Waals surface area contributed by atoms with Crippen molar-refractivity contribution in [3.63, 3.8) is 0 Å². The van der Waals surface area contributed by atoms with Crippen molar-refractivity contribution in [2.45, 2.75) is 22.5 Å². The summed E-state index contributed by atoms with van der Waals surface area (Å²) in [6, 6.07) is 15.8. The second-order valence-corrected chi connectivity index (χ2v) is 7.45. The summed E-state index contributed by atoms with van der Waals surface area (Å²) in [5, 5.41) is 10.9. The highest BCUT2D eigenvalue weighted by Gasteiger charge is 2.30. The summed E-state index contributed by atoms with van der Waals surface area (Å²) >= 11 is 7.15. The summed E-state index contributed by atoms with van der Waals surface area (Å²) in [6.45, 7) is 0.162. The molecule has 1 amide bonds. The fraction of sp³-hybridized carbons (Fsp3) is 0.150. The van der Waals surface area contributed by atoms with E-state index in [0.717, 1.165) is 17.0 Å². The Hall–Kier alpha value is -2.58. The molecule has 0 atom stereocenters. The third kappa shape index (κ3) is 5.95. The van der Waals surface area contributed by atoms with Crippen molar-refractivity contribution in [1.82, 2.24) is 15.5 Å². The van der Waals surface area contributed by atoms with Gasteiger partial charge in [0.1, 0.15) is 5.03 Å². The highest BCUT2D eigenvalue weighted by atomic mass is 35.5. The van der Waals surface area contributed by atoms with Crippen molar-refractivity contribution < 1.29 is 18.0 Å². The maximum atomic E-state index is 12.8. The molecule has 1 heterocycles. The van der Waals surface area contributed by atoms with E-state index < -0.39 is 17.6 Å². The first kappa shape index (κ1) is 21.1. The molecule has 2 aromatic carbocycles. The Morgan fingerprint density at radius 3 is 2.52 bits per heavy atom. The van der Waals surface area contributed by atoms with Gasteiger partial charge in [0.05, 0.1) is 11.1 Å². The zero-order chi connectivity index (χ0) is 20.9. The molecule has 4 nitrogen and oxygen atoms in total. The van der Waals surface area contributed by atoms with E-state index in [2.05, 4.69) is 15.5 Å². The number of benzene rings is 2. The van der Waals surface area contributed by atoms with Gasteiger partial charge in [0.15, 0.2) is 5.15 Å². The SMILES string of the molecule is O=C(NCCc1cccc(C(F)(F)F)c1)c1cc(Cl)nnc1Sc1ccccc1. The van der Waals surface area contributed by atoms with Gasteiger partial charge < -0.3 is 5.32 Å². The zero-order valence-electron chi connectivity index (χ0n) is 14.9. The lowest BCUT2D eigenvalue weighted by Crippen LogP contribution is -2.26. The summed E-state index contributed by atoms with van der Waals surface area (Å²) in [7, 11) is 0. The molecular formula is C20H15ClF3N3OS. The van der Waals surface area contributed by atoms with Crippen LogP contribution in [0.5, 0.6) is 0 Å². The van der Waals surface area contributed by atoms with Crippen LogP contribution in [-0.2, 0) is 12.6 Å². The van der Waals surface area contributed by atoms with E-state index in [4.69, 9.17) is 11.6 Å². The van der Waals surface area contributed by atoms with Gasteiger partial charge in [0.25, 0.3) is 5.91 Å². The number of amides is 1. The molecule has 0 saturated carbocycles. The number of carbonyl (C=O) groups is 1. The zero-order valence-corrected chi connectivity index (χ0v) is 16.5. The molecule has 0 radical (unpaired) electrons. The van der Waals surface area contributed by atoms with Crippen LogP contribution in [0.25, 0.3) is 0 Å². The Bertz CT molecular complexity index is 1000. The van der Waals surface area contributed by atoms with Crippen LogP contribution in [0.4, 0.5) is 13.2 Å². The number of nitrogens with zero attached hydrogens (tertiary/aromatic N) is 2. The van der Waals surface area contributed by atoms with Crippen LogP contribution in [0.15, 0.2) is 70.6 Å². The fourth-order valence-corrected chi connectivity index (χ4v) is 3.52. The molecule has 3 rings (SSSR count). The Kier molecular flexibility index (Phi) is 6.76. The van der Waals surface area contributed by atoms with Gasteiger partial charge in [-0.05, 0) is 36.2 Å². The molecule has 0 aliphatic heterocycles. The van der Waals surface area contributed by atoms with Crippen molar-refractivity contribution in [3.8, 4) is 0 Å². The van der Waals surface area contributed by atoms with Crippen molar-refractivity contribution in [1.29, 1.82) is 0 Å². The van der Waals surface area contributed by atoms with Gasteiger partial charge in [-0.2, -0.15) is 13.2 Å². The van der Waals surface area contributed by atoms with Crippen molar-refractivity contribution in [2.24, 2.45) is 0 Å². The number of halogens is 4. The minimum atomic E-state index is -4.40. The summed E-state index contributed by atoms with van der Waals surface area (Å²) in [5.74, 6) is -0.424. The fourth-order valence-electron chi connectivity index (χ4n) is 2.51. The van der Waals surface area contributed by atoms with Crippen molar-refractivity contribution >= 4 is 29.3 Å². The maximum Gasteiger partial charge on any atom is 0.416 e. The Morgan fingerprint density at radius 1 is 1.03 bits per heavy atom. The topological polar surface area (TPSA) is 54.9 Å². The molecule has 0 saturated heterocycles. The minimum absolute atomic E-state index is 0.0745. The first-order chi connectivity index (χ1) is 13.8. The molecular weight excluding hydrogens is 423 g/mol. The Balaban J connectivity index is 1.67. The summed E-state index contributed by atoms with van der Waals surface area (Å²) in [6.07, 6.45) is -4.15. The third-order valence-corrected chi connectivity index (χ3v) is 5.07. The number of hydrogen-bond donors (Lipinski definition) is 1. The van der Waals surface area contributed by atoms with Gasteiger partial charge >= 0.3 is 6.18 Å². The van der Waals surface area contributed by atoms with E-state index in [0.29, 0.717) is 10.6 Å².